The fourth-order valence-corrected chi connectivity index (χ4v) is 13.6. The van der Waals surface area contributed by atoms with Gasteiger partial charge in [-0.05, 0) is 172 Å². The summed E-state index contributed by atoms with van der Waals surface area (Å²) in [5, 5.41) is 1.15. The molecule has 0 N–H and O–H groups in total. The van der Waals surface area contributed by atoms with Crippen molar-refractivity contribution in [1.82, 2.24) is 0 Å². The van der Waals surface area contributed by atoms with E-state index in [2.05, 4.69) is 13.2 Å². The van der Waals surface area contributed by atoms with Crippen LogP contribution in [0.5, 0.6) is 11.5 Å². The van der Waals surface area contributed by atoms with Gasteiger partial charge in [0.1, 0.15) is 11.6 Å². The number of hydrogen-bond donors (Lipinski definition) is 0. The van der Waals surface area contributed by atoms with Gasteiger partial charge >= 0.3 is 35.8 Å². The first kappa shape index (κ1) is 62.7. The van der Waals surface area contributed by atoms with Crippen molar-refractivity contribution in [3.8, 4) is 32.4 Å². The Hall–Kier alpha value is -7.82. The van der Waals surface area contributed by atoms with Gasteiger partial charge < -0.3 is 28.4 Å². The number of benzene rings is 5. The predicted molar refractivity (Wildman–Crippen MR) is 331 cm³/mol. The lowest BCUT2D eigenvalue weighted by Gasteiger charge is -2.28. The summed E-state index contributed by atoms with van der Waals surface area (Å²) in [6.07, 6.45) is 16.1. The van der Waals surface area contributed by atoms with E-state index in [1.54, 1.807) is 48.5 Å². The largest absolute Gasteiger partial charge is 0.463 e. The number of ether oxygens (including phenoxy) is 6. The van der Waals surface area contributed by atoms with Crippen LogP contribution in [0, 0.1) is 23.5 Å². The molecule has 0 saturated heterocycles. The number of rotatable bonds is 28. The highest BCUT2D eigenvalue weighted by Crippen LogP contribution is 2.53. The first-order chi connectivity index (χ1) is 41.8. The minimum Gasteiger partial charge on any atom is -0.463 e. The minimum atomic E-state index is -0.420. The molecule has 5 aromatic carbocycles. The van der Waals surface area contributed by atoms with Crippen LogP contribution in [-0.4, -0.2) is 62.2 Å². The average Bonchev–Trinajstić information content (AvgIpc) is 1.88. The summed E-state index contributed by atoms with van der Waals surface area (Å²) >= 11 is 2.73. The number of esters is 6. The number of hydrogen-bond acceptors (Lipinski definition) is 14. The molecule has 2 saturated carbocycles. The molecule has 2 heterocycles. The van der Waals surface area contributed by atoms with Gasteiger partial charge in [0.25, 0.3) is 0 Å². The predicted octanol–water partition coefficient (Wildman–Crippen LogP) is 17.2. The molecule has 2 aliphatic rings. The molecule has 16 heteroatoms. The standard InChI is InChI=1S/C70H72F2O12S2/c1-3-61(73)79-39-11-7-5-9-13-41-81-67(75)51-23-15-45(16-24-51)47-19-27-53(28-20-47)69(77)83-63-57-43-59(49-31-35-55(71)36-32-49)86-66(57)64(58-44-60(85-65(58)63)50-33-37-56(72)38-34-50)84-70(78)54-29-21-48(22-30-54)46-17-25-52(26-18-46)68(76)82-42-14-10-6-8-12-40-80-62(74)4-2/h3-4,15-18,23-26,31-38,43-44,47-48,53-54H,1-2,5-14,19-22,27-30,39-42H2. The zero-order chi connectivity index (χ0) is 60.4. The number of thiophene rings is 2. The van der Waals surface area contributed by atoms with E-state index in [9.17, 15) is 37.5 Å². The molecule has 0 bridgehead atoms. The highest BCUT2D eigenvalue weighted by atomic mass is 32.1. The van der Waals surface area contributed by atoms with E-state index >= 15 is 0 Å². The Kier molecular flexibility index (Phi) is 22.6. The number of carbonyl (C=O) groups is 6. The van der Waals surface area contributed by atoms with Crippen molar-refractivity contribution in [3.63, 3.8) is 0 Å². The first-order valence-corrected chi connectivity index (χ1v) is 31.6. The molecule has 450 valence electrons. The Morgan fingerprint density at radius 2 is 0.756 bits per heavy atom. The van der Waals surface area contributed by atoms with Crippen LogP contribution in [0.4, 0.5) is 8.78 Å². The van der Waals surface area contributed by atoms with Crippen LogP contribution in [0.1, 0.15) is 159 Å². The van der Waals surface area contributed by atoms with E-state index in [1.165, 1.54) is 46.9 Å². The van der Waals surface area contributed by atoms with Crippen LogP contribution in [0.2, 0.25) is 0 Å². The molecule has 12 nitrogen and oxygen atoms in total. The maximum Gasteiger partial charge on any atom is 0.338 e. The second-order valence-corrected chi connectivity index (χ2v) is 24.2. The van der Waals surface area contributed by atoms with Crippen molar-refractivity contribution in [2.24, 2.45) is 11.8 Å². The normalized spacial score (nSPS) is 16.7. The Bertz CT molecular complexity index is 3200. The van der Waals surface area contributed by atoms with Crippen LogP contribution >= 0.6 is 22.7 Å². The molecule has 86 heavy (non-hydrogen) atoms. The monoisotopic (exact) mass is 1210 g/mol. The average molecular weight is 1210 g/mol. The van der Waals surface area contributed by atoms with E-state index in [1.807, 2.05) is 36.4 Å². The molecule has 0 radical (unpaired) electrons. The van der Waals surface area contributed by atoms with E-state index in [0.29, 0.717) is 94.9 Å². The lowest BCUT2D eigenvalue weighted by Crippen LogP contribution is -2.25. The third-order valence-corrected chi connectivity index (χ3v) is 18.6. The zero-order valence-electron chi connectivity index (χ0n) is 48.3. The molecule has 0 aliphatic heterocycles. The fraction of sp³-hybridized carbons (Fsp3) is 0.371. The lowest BCUT2D eigenvalue weighted by molar-refractivity contribution is -0.140. The zero-order valence-corrected chi connectivity index (χ0v) is 49.9. The third kappa shape index (κ3) is 16.8. The van der Waals surface area contributed by atoms with Gasteiger partial charge in [0.15, 0.2) is 11.5 Å². The van der Waals surface area contributed by atoms with Crippen LogP contribution in [0.25, 0.3) is 41.1 Å². The van der Waals surface area contributed by atoms with Crippen molar-refractivity contribution < 1.29 is 66.0 Å². The van der Waals surface area contributed by atoms with E-state index < -0.39 is 23.8 Å². The summed E-state index contributed by atoms with van der Waals surface area (Å²) < 4.78 is 64.0. The molecule has 0 unspecified atom stereocenters. The van der Waals surface area contributed by atoms with Crippen molar-refractivity contribution in [1.29, 1.82) is 0 Å². The quantitative estimate of drug-likeness (QED) is 0.0150. The summed E-state index contributed by atoms with van der Waals surface area (Å²) in [4.78, 5) is 78.7. The number of fused-ring (bicyclic) bond motifs is 2. The van der Waals surface area contributed by atoms with Crippen molar-refractivity contribution in [2.45, 2.75) is 127 Å². The van der Waals surface area contributed by atoms with Gasteiger partial charge in [-0.2, -0.15) is 0 Å². The van der Waals surface area contributed by atoms with Gasteiger partial charge in [-0.25, -0.2) is 28.0 Å². The molecule has 0 spiro atoms. The maximum atomic E-state index is 14.5. The maximum absolute atomic E-state index is 14.5. The molecule has 0 amide bonds. The molecule has 7 aromatic rings. The van der Waals surface area contributed by atoms with Gasteiger partial charge in [0, 0.05) is 32.7 Å². The van der Waals surface area contributed by atoms with Crippen LogP contribution in [0.15, 0.2) is 135 Å². The molecule has 9 rings (SSSR count). The molecular formula is C70H72F2O12S2. The summed E-state index contributed by atoms with van der Waals surface area (Å²) in [5.74, 6) is -2.88. The number of carbonyl (C=O) groups excluding carboxylic acids is 6. The Labute approximate surface area is 508 Å². The summed E-state index contributed by atoms with van der Waals surface area (Å²) in [6.45, 7) is 8.15. The topological polar surface area (TPSA) is 158 Å². The highest BCUT2D eigenvalue weighted by Gasteiger charge is 2.34. The number of halogens is 2. The third-order valence-electron chi connectivity index (χ3n) is 16.3. The molecular weight excluding hydrogens is 1130 g/mol. The van der Waals surface area contributed by atoms with Gasteiger partial charge in [-0.1, -0.05) is 100 Å². The molecule has 2 fully saturated rings. The Balaban J connectivity index is 0.845. The van der Waals surface area contributed by atoms with Gasteiger partial charge in [-0.15, -0.1) is 22.7 Å². The van der Waals surface area contributed by atoms with Crippen LogP contribution in [0.3, 0.4) is 0 Å². The van der Waals surface area contributed by atoms with E-state index in [4.69, 9.17) is 28.4 Å². The number of unbranched alkanes of at least 4 members (excludes halogenated alkanes) is 8. The second-order valence-electron chi connectivity index (χ2n) is 22.1. The Morgan fingerprint density at radius 1 is 0.430 bits per heavy atom. The minimum absolute atomic E-state index is 0.176. The molecule has 2 aliphatic carbocycles. The van der Waals surface area contributed by atoms with Crippen molar-refractivity contribution in [2.75, 3.05) is 26.4 Å². The summed E-state index contributed by atoms with van der Waals surface area (Å²) in [5.41, 5.74) is 4.59. The van der Waals surface area contributed by atoms with Crippen LogP contribution in [-0.2, 0) is 38.1 Å². The van der Waals surface area contributed by atoms with E-state index in [-0.39, 0.29) is 47.3 Å². The van der Waals surface area contributed by atoms with Crippen molar-refractivity contribution >= 4 is 78.7 Å². The lowest BCUT2D eigenvalue weighted by atomic mass is 9.78. The fourth-order valence-electron chi connectivity index (χ4n) is 11.3. The van der Waals surface area contributed by atoms with E-state index in [0.717, 1.165) is 134 Å². The highest BCUT2D eigenvalue weighted by molar-refractivity contribution is 7.24. The second kappa shape index (κ2) is 31.0. The van der Waals surface area contributed by atoms with Crippen LogP contribution < -0.4 is 9.47 Å². The SMILES string of the molecule is C=CC(=O)OCCCCCCCOC(=O)c1ccc(C2CCC(C(=O)Oc3c4cc(-c5ccc(F)cc5)sc4c(OC(=O)C4CCC(c5ccc(C(=O)OCCCCCCCOC(=O)C=C)cc5)CC4)c4cc(-c5ccc(F)cc5)sc34)CC2)cc1. The smallest absolute Gasteiger partial charge is 0.338 e. The van der Waals surface area contributed by atoms with Gasteiger partial charge in [-0.3, -0.25) is 9.59 Å². The summed E-state index contributed by atoms with van der Waals surface area (Å²) in [7, 11) is 0. The summed E-state index contributed by atoms with van der Waals surface area (Å²) in [6, 6.07) is 31.1. The first-order valence-electron chi connectivity index (χ1n) is 30.0. The Morgan fingerprint density at radius 3 is 1.09 bits per heavy atom. The van der Waals surface area contributed by atoms with Gasteiger partial charge in [0.05, 0.1) is 58.8 Å². The van der Waals surface area contributed by atoms with Crippen molar-refractivity contribution in [3.05, 3.63) is 168 Å². The molecule has 2 aromatic heterocycles. The van der Waals surface area contributed by atoms with Gasteiger partial charge in [0.2, 0.25) is 0 Å². The molecule has 0 atom stereocenters.